The molecular weight excluding hydrogens is 352 g/mol. The van der Waals surface area contributed by atoms with Gasteiger partial charge < -0.3 is 15.0 Å². The highest BCUT2D eigenvalue weighted by Crippen LogP contribution is 2.20. The van der Waals surface area contributed by atoms with E-state index in [-0.39, 0.29) is 18.4 Å². The summed E-state index contributed by atoms with van der Waals surface area (Å²) in [6.07, 6.45) is 3.10. The number of carbonyl (C=O) groups is 2. The maximum absolute atomic E-state index is 12.2. The third-order valence-electron chi connectivity index (χ3n) is 3.74. The highest BCUT2D eigenvalue weighted by molar-refractivity contribution is 6.31. The summed E-state index contributed by atoms with van der Waals surface area (Å²) in [6.45, 7) is 1.81. The highest BCUT2D eigenvalue weighted by Gasteiger charge is 2.12. The number of nitrogens with zero attached hydrogens (tertiary/aromatic N) is 1. The minimum atomic E-state index is -0.291. The normalized spacial score (nSPS) is 10.6. The Morgan fingerprint density at radius 3 is 2.73 bits per heavy atom. The molecular formula is C20H21ClN2O3. The molecule has 0 bridgehead atoms. The van der Waals surface area contributed by atoms with Gasteiger partial charge in [0, 0.05) is 23.8 Å². The molecule has 0 saturated heterocycles. The molecule has 0 unspecified atom stereocenters. The summed E-state index contributed by atoms with van der Waals surface area (Å²) in [5.74, 6) is 0.149. The van der Waals surface area contributed by atoms with E-state index >= 15 is 0 Å². The quantitative estimate of drug-likeness (QED) is 0.785. The second-order valence-corrected chi connectivity index (χ2v) is 6.25. The van der Waals surface area contributed by atoms with Gasteiger partial charge in [-0.15, -0.1) is 0 Å². The van der Waals surface area contributed by atoms with Gasteiger partial charge in [0.05, 0.1) is 13.7 Å². The summed E-state index contributed by atoms with van der Waals surface area (Å²) in [7, 11) is 3.16. The molecule has 136 valence electrons. The van der Waals surface area contributed by atoms with Crippen LogP contribution in [0.4, 0.5) is 5.69 Å². The molecule has 6 heteroatoms. The Morgan fingerprint density at radius 1 is 1.23 bits per heavy atom. The molecule has 0 aliphatic rings. The number of nitrogens with one attached hydrogen (secondary N) is 1. The van der Waals surface area contributed by atoms with Gasteiger partial charge in [-0.05, 0) is 48.4 Å². The minimum Gasteiger partial charge on any atom is -0.497 e. The Bertz CT molecular complexity index is 834. The second-order valence-electron chi connectivity index (χ2n) is 5.81. The van der Waals surface area contributed by atoms with E-state index in [1.54, 1.807) is 32.4 Å². The molecule has 0 saturated carbocycles. The molecule has 2 amide bonds. The summed E-state index contributed by atoms with van der Waals surface area (Å²) >= 11 is 5.94. The average Bonchev–Trinajstić information content (AvgIpc) is 2.62. The van der Waals surface area contributed by atoms with Gasteiger partial charge in [0.1, 0.15) is 5.75 Å². The van der Waals surface area contributed by atoms with E-state index in [2.05, 4.69) is 5.32 Å². The Labute approximate surface area is 158 Å². The van der Waals surface area contributed by atoms with Crippen LogP contribution >= 0.6 is 11.6 Å². The molecule has 2 aromatic carbocycles. The van der Waals surface area contributed by atoms with Gasteiger partial charge in [-0.25, -0.2) is 0 Å². The van der Waals surface area contributed by atoms with Crippen molar-refractivity contribution < 1.29 is 14.3 Å². The zero-order valence-electron chi connectivity index (χ0n) is 15.0. The van der Waals surface area contributed by atoms with Crippen molar-refractivity contribution in [2.24, 2.45) is 0 Å². The van der Waals surface area contributed by atoms with Crippen LogP contribution in [-0.4, -0.2) is 37.4 Å². The summed E-state index contributed by atoms with van der Waals surface area (Å²) in [5, 5.41) is 3.31. The van der Waals surface area contributed by atoms with Crippen molar-refractivity contribution in [3.05, 3.63) is 64.7 Å². The first-order chi connectivity index (χ1) is 12.4. The van der Waals surface area contributed by atoms with Crippen LogP contribution in [0.5, 0.6) is 5.75 Å². The first kappa shape index (κ1) is 19.5. The number of hydrogen-bond acceptors (Lipinski definition) is 3. The van der Waals surface area contributed by atoms with Gasteiger partial charge in [0.2, 0.25) is 11.8 Å². The third kappa shape index (κ3) is 5.63. The summed E-state index contributed by atoms with van der Waals surface area (Å²) < 4.78 is 5.14. The molecule has 0 aromatic heterocycles. The van der Waals surface area contributed by atoms with E-state index in [4.69, 9.17) is 16.3 Å². The first-order valence-corrected chi connectivity index (χ1v) is 8.40. The van der Waals surface area contributed by atoms with Crippen LogP contribution in [-0.2, 0) is 9.59 Å². The number of anilines is 1. The van der Waals surface area contributed by atoms with E-state index in [0.717, 1.165) is 11.1 Å². The second kappa shape index (κ2) is 9.06. The fourth-order valence-electron chi connectivity index (χ4n) is 2.25. The van der Waals surface area contributed by atoms with Crippen molar-refractivity contribution >= 4 is 35.2 Å². The predicted molar refractivity (Wildman–Crippen MR) is 104 cm³/mol. The van der Waals surface area contributed by atoms with Crippen LogP contribution in [0.1, 0.15) is 11.1 Å². The van der Waals surface area contributed by atoms with Gasteiger partial charge in [-0.2, -0.15) is 0 Å². The van der Waals surface area contributed by atoms with Crippen molar-refractivity contribution in [3.8, 4) is 5.75 Å². The summed E-state index contributed by atoms with van der Waals surface area (Å²) in [6, 6.07) is 12.6. The van der Waals surface area contributed by atoms with E-state index in [0.29, 0.717) is 16.5 Å². The van der Waals surface area contributed by atoms with E-state index in [1.807, 2.05) is 37.3 Å². The maximum Gasteiger partial charge on any atom is 0.246 e. The van der Waals surface area contributed by atoms with Gasteiger partial charge in [-0.3, -0.25) is 9.59 Å². The Kier molecular flexibility index (Phi) is 6.81. The first-order valence-electron chi connectivity index (χ1n) is 8.02. The molecule has 5 nitrogen and oxygen atoms in total. The van der Waals surface area contributed by atoms with Crippen molar-refractivity contribution in [1.82, 2.24) is 4.90 Å². The lowest BCUT2D eigenvalue weighted by atomic mass is 10.2. The van der Waals surface area contributed by atoms with Crippen molar-refractivity contribution in [2.45, 2.75) is 6.92 Å². The molecule has 0 atom stereocenters. The largest absolute Gasteiger partial charge is 0.497 e. The van der Waals surface area contributed by atoms with Crippen LogP contribution in [0.15, 0.2) is 48.5 Å². The number of rotatable bonds is 6. The third-order valence-corrected chi connectivity index (χ3v) is 3.98. The Balaban J connectivity index is 1.94. The van der Waals surface area contributed by atoms with Gasteiger partial charge >= 0.3 is 0 Å². The molecule has 0 spiro atoms. The van der Waals surface area contributed by atoms with Crippen LogP contribution in [0.3, 0.4) is 0 Å². The Hall–Kier alpha value is -2.79. The number of likely N-dealkylation sites (N-methyl/N-ethyl adjacent to an activating group) is 1. The number of methoxy groups -OCH3 is 1. The lowest BCUT2D eigenvalue weighted by Gasteiger charge is -2.15. The number of benzene rings is 2. The van der Waals surface area contributed by atoms with Crippen molar-refractivity contribution in [2.75, 3.05) is 26.0 Å². The number of ether oxygens (including phenoxy) is 1. The predicted octanol–water partition coefficient (Wildman–Crippen LogP) is 3.77. The molecule has 0 aliphatic heterocycles. The lowest BCUT2D eigenvalue weighted by molar-refractivity contribution is -0.129. The zero-order chi connectivity index (χ0) is 19.1. The van der Waals surface area contributed by atoms with Gasteiger partial charge in [0.15, 0.2) is 0 Å². The average molecular weight is 373 g/mol. The minimum absolute atomic E-state index is 0.0623. The van der Waals surface area contributed by atoms with Gasteiger partial charge in [0.25, 0.3) is 0 Å². The van der Waals surface area contributed by atoms with Crippen LogP contribution in [0.25, 0.3) is 6.08 Å². The number of halogens is 1. The number of hydrogen-bond donors (Lipinski definition) is 1. The molecule has 26 heavy (non-hydrogen) atoms. The fraction of sp³-hybridized carbons (Fsp3) is 0.200. The molecule has 0 radical (unpaired) electrons. The van der Waals surface area contributed by atoms with Gasteiger partial charge in [-0.1, -0.05) is 29.8 Å². The highest BCUT2D eigenvalue weighted by atomic mass is 35.5. The number of carbonyl (C=O) groups excluding carboxylic acids is 2. The molecule has 0 fully saturated rings. The van der Waals surface area contributed by atoms with E-state index in [1.165, 1.54) is 11.0 Å². The monoisotopic (exact) mass is 372 g/mol. The Morgan fingerprint density at radius 2 is 2.00 bits per heavy atom. The smallest absolute Gasteiger partial charge is 0.246 e. The molecule has 2 rings (SSSR count). The maximum atomic E-state index is 12.2. The molecule has 1 N–H and O–H groups in total. The SMILES string of the molecule is COc1cccc(/C=C/C(=O)N(C)CC(=O)Nc2cc(Cl)ccc2C)c1. The standard InChI is InChI=1S/C20H21ClN2O3/c1-14-7-9-16(21)12-18(14)22-19(24)13-23(2)20(25)10-8-15-5-4-6-17(11-15)26-3/h4-12H,13H2,1-3H3,(H,22,24)/b10-8+. The fourth-order valence-corrected chi connectivity index (χ4v) is 2.42. The summed E-state index contributed by atoms with van der Waals surface area (Å²) in [5.41, 5.74) is 2.37. The van der Waals surface area contributed by atoms with Crippen molar-refractivity contribution in [3.63, 3.8) is 0 Å². The number of aryl methyl sites for hydroxylation is 1. The zero-order valence-corrected chi connectivity index (χ0v) is 15.7. The number of amides is 2. The molecule has 2 aromatic rings. The summed E-state index contributed by atoms with van der Waals surface area (Å²) in [4.78, 5) is 25.7. The topological polar surface area (TPSA) is 58.6 Å². The van der Waals surface area contributed by atoms with Crippen LogP contribution < -0.4 is 10.1 Å². The molecule has 0 aliphatic carbocycles. The lowest BCUT2D eigenvalue weighted by Crippen LogP contribution is -2.34. The molecule has 0 heterocycles. The van der Waals surface area contributed by atoms with E-state index < -0.39 is 0 Å². The van der Waals surface area contributed by atoms with Crippen LogP contribution in [0.2, 0.25) is 5.02 Å². The van der Waals surface area contributed by atoms with Crippen LogP contribution in [0, 0.1) is 6.92 Å². The van der Waals surface area contributed by atoms with Crippen molar-refractivity contribution in [1.29, 1.82) is 0 Å². The van der Waals surface area contributed by atoms with E-state index in [9.17, 15) is 9.59 Å².